The maximum absolute atomic E-state index is 12.5. The number of aromatic nitrogens is 3. The standard InChI is InChI=1S/C15H12N4O4S/c1-8-16-12-4-2-9(6-14(12)23-8)19-24(21,22)10-3-5-11-13(7-10)18-15(20)17-11/h2-7,19H,1H3,(H2,17,18,20). The maximum Gasteiger partial charge on any atom is 0.323 e. The van der Waals surface area contributed by atoms with E-state index in [4.69, 9.17) is 4.42 Å². The van der Waals surface area contributed by atoms with Gasteiger partial charge in [-0.05, 0) is 30.3 Å². The van der Waals surface area contributed by atoms with Crippen molar-refractivity contribution in [3.8, 4) is 0 Å². The summed E-state index contributed by atoms with van der Waals surface area (Å²) in [5.41, 5.74) is 2.08. The summed E-state index contributed by atoms with van der Waals surface area (Å²) in [5.74, 6) is 0.506. The first kappa shape index (κ1) is 14.5. The van der Waals surface area contributed by atoms with E-state index in [-0.39, 0.29) is 4.90 Å². The van der Waals surface area contributed by atoms with Gasteiger partial charge in [0.25, 0.3) is 10.0 Å². The first-order valence-corrected chi connectivity index (χ1v) is 8.51. The highest BCUT2D eigenvalue weighted by atomic mass is 32.2. The first-order valence-electron chi connectivity index (χ1n) is 7.03. The number of imidazole rings is 1. The lowest BCUT2D eigenvalue weighted by molar-refractivity contribution is 0.561. The van der Waals surface area contributed by atoms with Crippen molar-refractivity contribution in [1.82, 2.24) is 15.0 Å². The molecule has 0 saturated carbocycles. The molecule has 0 radical (unpaired) electrons. The lowest BCUT2D eigenvalue weighted by Crippen LogP contribution is -2.12. The second kappa shape index (κ2) is 4.96. The topological polar surface area (TPSA) is 121 Å². The van der Waals surface area contributed by atoms with E-state index >= 15 is 0 Å². The van der Waals surface area contributed by atoms with Crippen molar-refractivity contribution in [2.75, 3.05) is 4.72 Å². The van der Waals surface area contributed by atoms with E-state index in [1.807, 2.05) is 0 Å². The first-order chi connectivity index (χ1) is 11.4. The minimum atomic E-state index is -3.81. The third-order valence-corrected chi connectivity index (χ3v) is 4.92. The molecule has 9 heteroatoms. The molecular weight excluding hydrogens is 332 g/mol. The molecule has 0 fully saturated rings. The molecule has 2 heterocycles. The summed E-state index contributed by atoms with van der Waals surface area (Å²) >= 11 is 0. The van der Waals surface area contributed by atoms with Crippen LogP contribution in [0.25, 0.3) is 22.1 Å². The molecule has 24 heavy (non-hydrogen) atoms. The number of H-pyrrole nitrogens is 2. The summed E-state index contributed by atoms with van der Waals surface area (Å²) < 4.78 is 33.0. The fraction of sp³-hybridized carbons (Fsp3) is 0.0667. The molecule has 122 valence electrons. The number of hydrogen-bond donors (Lipinski definition) is 3. The van der Waals surface area contributed by atoms with Gasteiger partial charge in [0.1, 0.15) is 5.52 Å². The molecule has 4 rings (SSSR count). The summed E-state index contributed by atoms with van der Waals surface area (Å²) in [6.45, 7) is 1.72. The van der Waals surface area contributed by atoms with Crippen LogP contribution in [0.4, 0.5) is 5.69 Å². The van der Waals surface area contributed by atoms with E-state index in [0.29, 0.717) is 33.7 Å². The van der Waals surface area contributed by atoms with Crippen LogP contribution in [-0.2, 0) is 10.0 Å². The van der Waals surface area contributed by atoms with Gasteiger partial charge in [0.15, 0.2) is 11.5 Å². The van der Waals surface area contributed by atoms with E-state index in [2.05, 4.69) is 19.7 Å². The van der Waals surface area contributed by atoms with Crippen LogP contribution in [0.3, 0.4) is 0 Å². The summed E-state index contributed by atoms with van der Waals surface area (Å²) in [7, 11) is -3.81. The molecule has 4 aromatic rings. The Morgan fingerprint density at radius 2 is 1.88 bits per heavy atom. The van der Waals surface area contributed by atoms with Crippen molar-refractivity contribution in [2.24, 2.45) is 0 Å². The Balaban J connectivity index is 1.73. The van der Waals surface area contributed by atoms with Crippen LogP contribution < -0.4 is 10.4 Å². The van der Waals surface area contributed by atoms with Crippen molar-refractivity contribution in [3.63, 3.8) is 0 Å². The number of rotatable bonds is 3. The highest BCUT2D eigenvalue weighted by Gasteiger charge is 2.16. The Morgan fingerprint density at radius 1 is 1.08 bits per heavy atom. The fourth-order valence-corrected chi connectivity index (χ4v) is 3.57. The molecule has 0 aliphatic rings. The van der Waals surface area contributed by atoms with Gasteiger partial charge in [-0.3, -0.25) is 4.72 Å². The highest BCUT2D eigenvalue weighted by molar-refractivity contribution is 7.92. The van der Waals surface area contributed by atoms with E-state index in [9.17, 15) is 13.2 Å². The predicted octanol–water partition coefficient (Wildman–Crippen LogP) is 2.11. The van der Waals surface area contributed by atoms with Gasteiger partial charge in [0.2, 0.25) is 0 Å². The van der Waals surface area contributed by atoms with Gasteiger partial charge in [-0.25, -0.2) is 18.2 Å². The van der Waals surface area contributed by atoms with Gasteiger partial charge < -0.3 is 14.4 Å². The highest BCUT2D eigenvalue weighted by Crippen LogP contribution is 2.23. The van der Waals surface area contributed by atoms with Gasteiger partial charge in [-0.1, -0.05) is 0 Å². The Morgan fingerprint density at radius 3 is 2.71 bits per heavy atom. The van der Waals surface area contributed by atoms with Crippen molar-refractivity contribution < 1.29 is 12.8 Å². The molecule has 8 nitrogen and oxygen atoms in total. The van der Waals surface area contributed by atoms with E-state index in [1.54, 1.807) is 25.1 Å². The van der Waals surface area contributed by atoms with Gasteiger partial charge in [-0.2, -0.15) is 0 Å². The second-order valence-electron chi connectivity index (χ2n) is 5.31. The Bertz CT molecular complexity index is 1230. The molecule has 0 atom stereocenters. The summed E-state index contributed by atoms with van der Waals surface area (Å²) in [6, 6.07) is 9.21. The van der Waals surface area contributed by atoms with Crippen molar-refractivity contribution in [3.05, 3.63) is 52.8 Å². The normalized spacial score (nSPS) is 12.0. The molecule has 0 aliphatic carbocycles. The molecule has 2 aromatic carbocycles. The Kier molecular flexibility index (Phi) is 3.00. The zero-order valence-corrected chi connectivity index (χ0v) is 13.3. The summed E-state index contributed by atoms with van der Waals surface area (Å²) in [6.07, 6.45) is 0. The fourth-order valence-electron chi connectivity index (χ4n) is 2.50. The van der Waals surface area contributed by atoms with Gasteiger partial charge in [0, 0.05) is 13.0 Å². The smallest absolute Gasteiger partial charge is 0.323 e. The molecule has 0 aliphatic heterocycles. The summed E-state index contributed by atoms with van der Waals surface area (Å²) in [5, 5.41) is 0. The van der Waals surface area contributed by atoms with Crippen LogP contribution in [-0.4, -0.2) is 23.4 Å². The van der Waals surface area contributed by atoms with Gasteiger partial charge in [0.05, 0.1) is 21.6 Å². The third-order valence-electron chi connectivity index (χ3n) is 3.55. The van der Waals surface area contributed by atoms with E-state index in [0.717, 1.165) is 0 Å². The number of aromatic amines is 2. The van der Waals surface area contributed by atoms with Gasteiger partial charge in [-0.15, -0.1) is 0 Å². The second-order valence-corrected chi connectivity index (χ2v) is 6.99. The minimum Gasteiger partial charge on any atom is -0.441 e. The van der Waals surface area contributed by atoms with Crippen molar-refractivity contribution in [2.45, 2.75) is 11.8 Å². The van der Waals surface area contributed by atoms with Crippen molar-refractivity contribution >= 4 is 37.8 Å². The SMILES string of the molecule is Cc1nc2ccc(NS(=O)(=O)c3ccc4[nH]c(=O)[nH]c4c3)cc2o1. The number of oxazole rings is 1. The van der Waals surface area contributed by atoms with Crippen LogP contribution in [0, 0.1) is 6.92 Å². The monoisotopic (exact) mass is 344 g/mol. The number of hydrogen-bond acceptors (Lipinski definition) is 5. The molecular formula is C15H12N4O4S. The Hall–Kier alpha value is -3.07. The maximum atomic E-state index is 12.5. The zero-order chi connectivity index (χ0) is 16.9. The molecule has 0 unspecified atom stereocenters. The number of sulfonamides is 1. The molecule has 2 aromatic heterocycles. The van der Waals surface area contributed by atoms with Crippen LogP contribution in [0.15, 0.2) is 50.5 Å². The lowest BCUT2D eigenvalue weighted by Gasteiger charge is -2.08. The van der Waals surface area contributed by atoms with Crippen molar-refractivity contribution in [1.29, 1.82) is 0 Å². The number of fused-ring (bicyclic) bond motifs is 2. The quantitative estimate of drug-likeness (QED) is 0.525. The minimum absolute atomic E-state index is 0.0408. The average Bonchev–Trinajstić information content (AvgIpc) is 3.05. The van der Waals surface area contributed by atoms with Crippen LogP contribution >= 0.6 is 0 Å². The molecule has 0 amide bonds. The average molecular weight is 344 g/mol. The van der Waals surface area contributed by atoms with Gasteiger partial charge >= 0.3 is 5.69 Å². The zero-order valence-electron chi connectivity index (χ0n) is 12.5. The molecule has 0 saturated heterocycles. The Labute approximate surface area is 135 Å². The molecule has 0 bridgehead atoms. The molecule has 0 spiro atoms. The lowest BCUT2D eigenvalue weighted by atomic mass is 10.3. The number of nitrogens with zero attached hydrogens (tertiary/aromatic N) is 1. The largest absolute Gasteiger partial charge is 0.441 e. The van der Waals surface area contributed by atoms with E-state index < -0.39 is 15.7 Å². The number of benzene rings is 2. The third kappa shape index (κ3) is 2.44. The van der Waals surface area contributed by atoms with Crippen LogP contribution in [0.2, 0.25) is 0 Å². The van der Waals surface area contributed by atoms with Crippen LogP contribution in [0.1, 0.15) is 5.89 Å². The molecule has 3 N–H and O–H groups in total. The van der Waals surface area contributed by atoms with E-state index in [1.165, 1.54) is 18.2 Å². The number of aryl methyl sites for hydroxylation is 1. The number of nitrogens with one attached hydrogen (secondary N) is 3. The summed E-state index contributed by atoms with van der Waals surface area (Å²) in [4.78, 5) is 20.6. The predicted molar refractivity (Wildman–Crippen MR) is 88.5 cm³/mol. The number of anilines is 1. The van der Waals surface area contributed by atoms with Crippen LogP contribution in [0.5, 0.6) is 0 Å².